The van der Waals surface area contributed by atoms with Crippen LogP contribution < -0.4 is 0 Å². The van der Waals surface area contributed by atoms with E-state index in [9.17, 15) is 9.59 Å². The maximum atomic E-state index is 11.3. The Labute approximate surface area is 103 Å². The van der Waals surface area contributed by atoms with Crippen molar-refractivity contribution in [3.63, 3.8) is 0 Å². The molecule has 0 aliphatic carbocycles. The average molecular weight is 241 g/mol. The molecule has 4 nitrogen and oxygen atoms in total. The number of carbonyl (C=O) groups excluding carboxylic acids is 2. The monoisotopic (exact) mass is 241 g/mol. The Morgan fingerprint density at radius 3 is 2.53 bits per heavy atom. The SMILES string of the molecule is C=C(CCC)OC(=O)CCCCCCO[C]=O. The molecule has 0 rings (SSSR count). The van der Waals surface area contributed by atoms with Gasteiger partial charge in [0.25, 0.3) is 0 Å². The first-order valence-electron chi connectivity index (χ1n) is 6.08. The van der Waals surface area contributed by atoms with E-state index in [2.05, 4.69) is 11.3 Å². The molecule has 0 atom stereocenters. The summed E-state index contributed by atoms with van der Waals surface area (Å²) in [7, 11) is 0. The molecule has 0 amide bonds. The number of rotatable bonds is 11. The first-order valence-corrected chi connectivity index (χ1v) is 6.08. The summed E-state index contributed by atoms with van der Waals surface area (Å²) in [5.74, 6) is 0.341. The molecule has 0 unspecified atom stereocenters. The first-order chi connectivity index (χ1) is 8.20. The van der Waals surface area contributed by atoms with Crippen LogP contribution >= 0.6 is 0 Å². The summed E-state index contributed by atoms with van der Waals surface area (Å²) in [5.41, 5.74) is 0. The van der Waals surface area contributed by atoms with Crippen LogP contribution in [0.1, 0.15) is 51.9 Å². The molecular formula is C13H21O4. The molecule has 17 heavy (non-hydrogen) atoms. The van der Waals surface area contributed by atoms with Crippen molar-refractivity contribution in [1.29, 1.82) is 0 Å². The second-order valence-corrected chi connectivity index (χ2v) is 3.86. The molecule has 0 N–H and O–H groups in total. The minimum atomic E-state index is -0.207. The largest absolute Gasteiger partial charge is 0.457 e. The topological polar surface area (TPSA) is 52.6 Å². The van der Waals surface area contributed by atoms with Gasteiger partial charge in [-0.05, 0) is 19.3 Å². The van der Waals surface area contributed by atoms with Crippen LogP contribution in [-0.4, -0.2) is 19.0 Å². The van der Waals surface area contributed by atoms with E-state index in [0.717, 1.165) is 38.5 Å². The normalized spacial score (nSPS) is 9.71. The van der Waals surface area contributed by atoms with Crippen LogP contribution in [0.5, 0.6) is 0 Å². The maximum absolute atomic E-state index is 11.3. The van der Waals surface area contributed by atoms with Gasteiger partial charge in [-0.25, -0.2) is 4.79 Å². The van der Waals surface area contributed by atoms with Crippen LogP contribution in [0, 0.1) is 0 Å². The number of carbonyl (C=O) groups is 1. The molecule has 0 heterocycles. The summed E-state index contributed by atoms with van der Waals surface area (Å²) in [6.07, 6.45) is 5.55. The van der Waals surface area contributed by atoms with Crippen LogP contribution in [0.2, 0.25) is 0 Å². The van der Waals surface area contributed by atoms with Crippen molar-refractivity contribution >= 4 is 12.4 Å². The van der Waals surface area contributed by atoms with Crippen molar-refractivity contribution in [2.24, 2.45) is 0 Å². The van der Waals surface area contributed by atoms with Crippen LogP contribution in [0.15, 0.2) is 12.3 Å². The highest BCUT2D eigenvalue weighted by Gasteiger charge is 2.04. The molecule has 0 aromatic carbocycles. The van der Waals surface area contributed by atoms with E-state index < -0.39 is 0 Å². The van der Waals surface area contributed by atoms with Gasteiger partial charge < -0.3 is 9.47 Å². The fraction of sp³-hybridized carbons (Fsp3) is 0.692. The van der Waals surface area contributed by atoms with Crippen molar-refractivity contribution in [3.8, 4) is 0 Å². The molecule has 0 saturated heterocycles. The fourth-order valence-corrected chi connectivity index (χ4v) is 1.38. The van der Waals surface area contributed by atoms with Crippen LogP contribution in [0.4, 0.5) is 0 Å². The van der Waals surface area contributed by atoms with E-state index in [1.807, 2.05) is 6.92 Å². The summed E-state index contributed by atoms with van der Waals surface area (Å²) in [4.78, 5) is 21.0. The lowest BCUT2D eigenvalue weighted by molar-refractivity contribution is -0.139. The predicted octanol–water partition coefficient (Wildman–Crippen LogP) is 2.88. The second-order valence-electron chi connectivity index (χ2n) is 3.86. The zero-order valence-corrected chi connectivity index (χ0v) is 10.5. The molecule has 1 radical (unpaired) electrons. The van der Waals surface area contributed by atoms with Gasteiger partial charge in [0, 0.05) is 12.8 Å². The van der Waals surface area contributed by atoms with Crippen molar-refractivity contribution in [3.05, 3.63) is 12.3 Å². The van der Waals surface area contributed by atoms with Crippen molar-refractivity contribution in [1.82, 2.24) is 0 Å². The smallest absolute Gasteiger partial charge is 0.417 e. The molecule has 0 aliphatic rings. The number of unbranched alkanes of at least 4 members (excludes halogenated alkanes) is 3. The van der Waals surface area contributed by atoms with Gasteiger partial charge in [-0.2, -0.15) is 0 Å². The number of hydrogen-bond donors (Lipinski definition) is 0. The molecular weight excluding hydrogens is 220 g/mol. The summed E-state index contributed by atoms with van der Waals surface area (Å²) in [6.45, 7) is 7.46. The third kappa shape index (κ3) is 11.0. The standard InChI is InChI=1S/C13H21O4/c1-3-8-12(2)17-13(15)9-6-4-5-7-10-16-11-14/h2-10H2,1H3. The molecule has 0 aromatic rings. The summed E-state index contributed by atoms with van der Waals surface area (Å²) in [6, 6.07) is 0. The Balaban J connectivity index is 3.33. The zero-order chi connectivity index (χ0) is 12.9. The highest BCUT2D eigenvalue weighted by Crippen LogP contribution is 2.08. The van der Waals surface area contributed by atoms with Crippen molar-refractivity contribution in [2.75, 3.05) is 6.61 Å². The number of hydrogen-bond acceptors (Lipinski definition) is 4. The first kappa shape index (κ1) is 15.7. The Hall–Kier alpha value is -1.32. The highest BCUT2D eigenvalue weighted by molar-refractivity contribution is 5.70. The Bertz CT molecular complexity index is 236. The number of ether oxygens (including phenoxy) is 2. The van der Waals surface area contributed by atoms with Gasteiger partial charge in [0.2, 0.25) is 0 Å². The van der Waals surface area contributed by atoms with Gasteiger partial charge >= 0.3 is 12.4 Å². The quantitative estimate of drug-likeness (QED) is 0.317. The van der Waals surface area contributed by atoms with Gasteiger partial charge in [-0.1, -0.05) is 26.3 Å². The Morgan fingerprint density at radius 1 is 1.18 bits per heavy atom. The van der Waals surface area contributed by atoms with Crippen LogP contribution in [0.25, 0.3) is 0 Å². The Morgan fingerprint density at radius 2 is 1.88 bits per heavy atom. The summed E-state index contributed by atoms with van der Waals surface area (Å²) >= 11 is 0. The molecule has 0 aromatic heterocycles. The zero-order valence-electron chi connectivity index (χ0n) is 10.5. The van der Waals surface area contributed by atoms with Gasteiger partial charge in [-0.15, -0.1) is 0 Å². The lowest BCUT2D eigenvalue weighted by Gasteiger charge is -2.05. The van der Waals surface area contributed by atoms with Gasteiger partial charge in [-0.3, -0.25) is 4.79 Å². The Kier molecular flexibility index (Phi) is 10.3. The van der Waals surface area contributed by atoms with Crippen LogP contribution in [0.3, 0.4) is 0 Å². The van der Waals surface area contributed by atoms with Gasteiger partial charge in [0.05, 0.1) is 6.61 Å². The molecule has 0 spiro atoms. The summed E-state index contributed by atoms with van der Waals surface area (Å²) < 4.78 is 9.46. The van der Waals surface area contributed by atoms with E-state index in [1.54, 1.807) is 0 Å². The van der Waals surface area contributed by atoms with E-state index >= 15 is 0 Å². The van der Waals surface area contributed by atoms with E-state index in [4.69, 9.17) is 4.74 Å². The third-order valence-electron chi connectivity index (χ3n) is 2.22. The van der Waals surface area contributed by atoms with E-state index in [-0.39, 0.29) is 5.97 Å². The lowest BCUT2D eigenvalue weighted by atomic mass is 10.1. The van der Waals surface area contributed by atoms with Crippen molar-refractivity contribution < 1.29 is 19.1 Å². The van der Waals surface area contributed by atoms with E-state index in [1.165, 1.54) is 6.47 Å². The lowest BCUT2D eigenvalue weighted by Crippen LogP contribution is -2.03. The third-order valence-corrected chi connectivity index (χ3v) is 2.22. The maximum Gasteiger partial charge on any atom is 0.417 e. The number of allylic oxidation sites excluding steroid dienone is 1. The predicted molar refractivity (Wildman–Crippen MR) is 64.9 cm³/mol. The molecule has 0 saturated carbocycles. The minimum absolute atomic E-state index is 0.207. The van der Waals surface area contributed by atoms with E-state index in [0.29, 0.717) is 18.8 Å². The fourth-order valence-electron chi connectivity index (χ4n) is 1.38. The van der Waals surface area contributed by atoms with Gasteiger partial charge in [0.15, 0.2) is 0 Å². The van der Waals surface area contributed by atoms with Crippen molar-refractivity contribution in [2.45, 2.75) is 51.9 Å². The average Bonchev–Trinajstić information content (AvgIpc) is 2.28. The molecule has 4 heteroatoms. The minimum Gasteiger partial charge on any atom is -0.457 e. The number of esters is 1. The molecule has 97 valence electrons. The molecule has 0 bridgehead atoms. The summed E-state index contributed by atoms with van der Waals surface area (Å²) in [5, 5.41) is 0. The highest BCUT2D eigenvalue weighted by atomic mass is 16.5. The molecule has 0 aliphatic heterocycles. The molecule has 0 fully saturated rings. The van der Waals surface area contributed by atoms with Gasteiger partial charge in [0.1, 0.15) is 5.76 Å². The van der Waals surface area contributed by atoms with Crippen LogP contribution in [-0.2, 0) is 19.1 Å². The second kappa shape index (κ2) is 11.2.